The smallest absolute Gasteiger partial charge is 0.225 e. The minimum Gasteiger partial charge on any atom is -0.497 e. The molecule has 0 aromatic heterocycles. The molecule has 0 spiro atoms. The molecule has 2 unspecified atom stereocenters. The van der Waals surface area contributed by atoms with Crippen molar-refractivity contribution in [2.24, 2.45) is 11.8 Å². The molecule has 128 valence electrons. The van der Waals surface area contributed by atoms with Gasteiger partial charge < -0.3 is 20.1 Å². The number of nitrogens with one attached hydrogen (secondary N) is 2. The SMILES string of the molecule is COc1ccc(C2CNCC2C(=O)NCCC(C)C)c(OC)c1. The number of carbonyl (C=O) groups is 1. The van der Waals surface area contributed by atoms with Gasteiger partial charge in [-0.1, -0.05) is 19.9 Å². The zero-order chi connectivity index (χ0) is 16.8. The molecule has 1 aromatic carbocycles. The third kappa shape index (κ3) is 4.38. The van der Waals surface area contributed by atoms with Crippen LogP contribution in [0.3, 0.4) is 0 Å². The fourth-order valence-electron chi connectivity index (χ4n) is 3.02. The van der Waals surface area contributed by atoms with Crippen molar-refractivity contribution in [1.82, 2.24) is 10.6 Å². The lowest BCUT2D eigenvalue weighted by atomic mass is 9.87. The molecule has 1 aromatic rings. The molecule has 1 fully saturated rings. The number of ether oxygens (including phenoxy) is 2. The summed E-state index contributed by atoms with van der Waals surface area (Å²) in [5.41, 5.74) is 1.06. The van der Waals surface area contributed by atoms with E-state index in [9.17, 15) is 4.79 Å². The van der Waals surface area contributed by atoms with E-state index in [-0.39, 0.29) is 17.7 Å². The van der Waals surface area contributed by atoms with Gasteiger partial charge in [0.05, 0.1) is 20.1 Å². The molecular formula is C18H28N2O3. The first kappa shape index (κ1) is 17.6. The van der Waals surface area contributed by atoms with E-state index in [1.807, 2.05) is 18.2 Å². The summed E-state index contributed by atoms with van der Waals surface area (Å²) in [6.07, 6.45) is 1.00. The van der Waals surface area contributed by atoms with Gasteiger partial charge in [0.25, 0.3) is 0 Å². The third-order valence-corrected chi connectivity index (χ3v) is 4.41. The highest BCUT2D eigenvalue weighted by Crippen LogP contribution is 2.36. The first-order valence-electron chi connectivity index (χ1n) is 8.27. The Morgan fingerprint density at radius 2 is 2.09 bits per heavy atom. The van der Waals surface area contributed by atoms with Crippen LogP contribution in [-0.4, -0.2) is 39.8 Å². The van der Waals surface area contributed by atoms with Crippen LogP contribution in [0.2, 0.25) is 0 Å². The van der Waals surface area contributed by atoms with Crippen molar-refractivity contribution in [2.75, 3.05) is 33.9 Å². The largest absolute Gasteiger partial charge is 0.497 e. The molecule has 0 radical (unpaired) electrons. The van der Waals surface area contributed by atoms with E-state index >= 15 is 0 Å². The molecule has 1 heterocycles. The maximum atomic E-state index is 12.5. The average molecular weight is 320 g/mol. The highest BCUT2D eigenvalue weighted by molar-refractivity contribution is 5.80. The summed E-state index contributed by atoms with van der Waals surface area (Å²) in [5.74, 6) is 2.31. The first-order valence-corrected chi connectivity index (χ1v) is 8.27. The van der Waals surface area contributed by atoms with Crippen LogP contribution in [0.5, 0.6) is 11.5 Å². The van der Waals surface area contributed by atoms with Gasteiger partial charge in [-0.05, 0) is 24.0 Å². The van der Waals surface area contributed by atoms with Crippen LogP contribution in [0.15, 0.2) is 18.2 Å². The summed E-state index contributed by atoms with van der Waals surface area (Å²) in [6, 6.07) is 5.80. The normalized spacial score (nSPS) is 20.6. The Hall–Kier alpha value is -1.75. The molecule has 2 atom stereocenters. The summed E-state index contributed by atoms with van der Waals surface area (Å²) in [6.45, 7) is 6.54. The second-order valence-electron chi connectivity index (χ2n) is 6.45. The highest BCUT2D eigenvalue weighted by atomic mass is 16.5. The van der Waals surface area contributed by atoms with E-state index in [1.54, 1.807) is 14.2 Å². The first-order chi connectivity index (χ1) is 11.1. The van der Waals surface area contributed by atoms with E-state index in [0.717, 1.165) is 36.6 Å². The Morgan fingerprint density at radius 1 is 1.30 bits per heavy atom. The van der Waals surface area contributed by atoms with Crippen molar-refractivity contribution in [3.8, 4) is 11.5 Å². The van der Waals surface area contributed by atoms with Gasteiger partial charge in [-0.3, -0.25) is 4.79 Å². The Bertz CT molecular complexity index is 531. The Morgan fingerprint density at radius 3 is 2.74 bits per heavy atom. The number of hydrogen-bond acceptors (Lipinski definition) is 4. The number of hydrogen-bond donors (Lipinski definition) is 2. The lowest BCUT2D eigenvalue weighted by molar-refractivity contribution is -0.124. The molecule has 1 amide bonds. The molecule has 2 N–H and O–H groups in total. The van der Waals surface area contributed by atoms with Crippen LogP contribution in [-0.2, 0) is 4.79 Å². The zero-order valence-corrected chi connectivity index (χ0v) is 14.5. The quantitative estimate of drug-likeness (QED) is 0.808. The van der Waals surface area contributed by atoms with Crippen molar-refractivity contribution in [2.45, 2.75) is 26.2 Å². The van der Waals surface area contributed by atoms with Crippen molar-refractivity contribution < 1.29 is 14.3 Å². The molecule has 5 nitrogen and oxygen atoms in total. The molecule has 2 rings (SSSR count). The van der Waals surface area contributed by atoms with Crippen LogP contribution in [0, 0.1) is 11.8 Å². The number of rotatable bonds is 7. The van der Waals surface area contributed by atoms with Gasteiger partial charge in [-0.2, -0.15) is 0 Å². The summed E-state index contributed by atoms with van der Waals surface area (Å²) in [5, 5.41) is 6.40. The molecule has 1 saturated heterocycles. The van der Waals surface area contributed by atoms with Crippen molar-refractivity contribution in [3.63, 3.8) is 0 Å². The topological polar surface area (TPSA) is 59.6 Å². The van der Waals surface area contributed by atoms with Crippen LogP contribution in [0.25, 0.3) is 0 Å². The number of methoxy groups -OCH3 is 2. The third-order valence-electron chi connectivity index (χ3n) is 4.41. The monoisotopic (exact) mass is 320 g/mol. The zero-order valence-electron chi connectivity index (χ0n) is 14.5. The summed E-state index contributed by atoms with van der Waals surface area (Å²) in [4.78, 5) is 12.5. The van der Waals surface area contributed by atoms with Crippen LogP contribution in [0.4, 0.5) is 0 Å². The van der Waals surface area contributed by atoms with Gasteiger partial charge in [0, 0.05) is 31.6 Å². The fourth-order valence-corrected chi connectivity index (χ4v) is 3.02. The average Bonchev–Trinajstić information content (AvgIpc) is 3.03. The second-order valence-corrected chi connectivity index (χ2v) is 6.45. The molecular weight excluding hydrogens is 292 g/mol. The Labute approximate surface area is 138 Å². The highest BCUT2D eigenvalue weighted by Gasteiger charge is 2.35. The summed E-state index contributed by atoms with van der Waals surface area (Å²) in [7, 11) is 3.29. The predicted molar refractivity (Wildman–Crippen MR) is 91.1 cm³/mol. The van der Waals surface area contributed by atoms with Crippen LogP contribution >= 0.6 is 0 Å². The molecule has 23 heavy (non-hydrogen) atoms. The van der Waals surface area contributed by atoms with E-state index in [1.165, 1.54) is 0 Å². The Kier molecular flexibility index (Phi) is 6.28. The van der Waals surface area contributed by atoms with Crippen molar-refractivity contribution >= 4 is 5.91 Å². The molecule has 0 bridgehead atoms. The van der Waals surface area contributed by atoms with E-state index < -0.39 is 0 Å². The molecule has 1 aliphatic heterocycles. The number of amides is 1. The maximum Gasteiger partial charge on any atom is 0.225 e. The van der Waals surface area contributed by atoms with Gasteiger partial charge in [0.15, 0.2) is 0 Å². The van der Waals surface area contributed by atoms with Crippen molar-refractivity contribution in [1.29, 1.82) is 0 Å². The van der Waals surface area contributed by atoms with Crippen LogP contribution < -0.4 is 20.1 Å². The minimum absolute atomic E-state index is 0.0653. The molecule has 5 heteroatoms. The number of benzene rings is 1. The van der Waals surface area contributed by atoms with E-state index in [4.69, 9.17) is 9.47 Å². The van der Waals surface area contributed by atoms with Crippen molar-refractivity contribution in [3.05, 3.63) is 23.8 Å². The predicted octanol–water partition coefficient (Wildman–Crippen LogP) is 2.17. The van der Waals surface area contributed by atoms with Gasteiger partial charge in [0.2, 0.25) is 5.91 Å². The van der Waals surface area contributed by atoms with E-state index in [0.29, 0.717) is 12.5 Å². The van der Waals surface area contributed by atoms with Gasteiger partial charge in [0.1, 0.15) is 11.5 Å². The lowest BCUT2D eigenvalue weighted by Crippen LogP contribution is -2.35. The fraction of sp³-hybridized carbons (Fsp3) is 0.611. The van der Waals surface area contributed by atoms with Gasteiger partial charge >= 0.3 is 0 Å². The van der Waals surface area contributed by atoms with E-state index in [2.05, 4.69) is 24.5 Å². The molecule has 0 saturated carbocycles. The maximum absolute atomic E-state index is 12.5. The number of carbonyl (C=O) groups excluding carboxylic acids is 1. The molecule has 0 aliphatic carbocycles. The molecule has 1 aliphatic rings. The summed E-state index contributed by atoms with van der Waals surface area (Å²) >= 11 is 0. The second kappa shape index (κ2) is 8.20. The van der Waals surface area contributed by atoms with Gasteiger partial charge in [-0.25, -0.2) is 0 Å². The lowest BCUT2D eigenvalue weighted by Gasteiger charge is -2.21. The standard InChI is InChI=1S/C18H28N2O3/c1-12(2)7-8-20-18(21)16-11-19-10-15(16)14-6-5-13(22-3)9-17(14)23-4/h5-6,9,12,15-16,19H,7-8,10-11H2,1-4H3,(H,20,21). The van der Waals surface area contributed by atoms with Crippen LogP contribution in [0.1, 0.15) is 31.7 Å². The van der Waals surface area contributed by atoms with Gasteiger partial charge in [-0.15, -0.1) is 0 Å². The Balaban J connectivity index is 2.10. The minimum atomic E-state index is -0.0653. The summed E-state index contributed by atoms with van der Waals surface area (Å²) < 4.78 is 10.8.